The number of fused-ring (bicyclic) bond motifs is 4. The van der Waals surface area contributed by atoms with Gasteiger partial charge in [0.25, 0.3) is 0 Å². The van der Waals surface area contributed by atoms with Gasteiger partial charge in [0.2, 0.25) is 0 Å². The lowest BCUT2D eigenvalue weighted by atomic mass is 9.67. The first-order chi connectivity index (χ1) is 15.3. The van der Waals surface area contributed by atoms with E-state index in [4.69, 9.17) is 0 Å². The summed E-state index contributed by atoms with van der Waals surface area (Å²) in [4.78, 5) is 0. The molecule has 1 fully saturated rings. The summed E-state index contributed by atoms with van der Waals surface area (Å²) in [5.41, 5.74) is -2.59. The highest BCUT2D eigenvalue weighted by molar-refractivity contribution is 9.12. The van der Waals surface area contributed by atoms with E-state index in [1.54, 1.807) is 0 Å². The molecule has 4 rings (SSSR count). The maximum atomic E-state index is 15.4. The minimum atomic E-state index is -5.54. The topological polar surface area (TPSA) is 0 Å². The third kappa shape index (κ3) is 3.03. The van der Waals surface area contributed by atoms with Crippen LogP contribution in [0.15, 0.2) is 39.7 Å². The average Bonchev–Trinajstić information content (AvgIpc) is 3.23. The molecule has 1 saturated carbocycles. The van der Waals surface area contributed by atoms with Crippen molar-refractivity contribution in [1.82, 2.24) is 0 Å². The van der Waals surface area contributed by atoms with Gasteiger partial charge >= 0.3 is 17.8 Å². The SMILES string of the molecule is CCSC1=C(Br)C2=C3C(=C4C(Br)=C(SCC)SC4(CC)C2(CC)S1)C(F)(F)C(F)(F)C3(F)F. The molecule has 0 N–H and O–H groups in total. The van der Waals surface area contributed by atoms with E-state index in [0.29, 0.717) is 32.8 Å². The van der Waals surface area contributed by atoms with Gasteiger partial charge in [-0.1, -0.05) is 27.7 Å². The Morgan fingerprint density at radius 1 is 0.636 bits per heavy atom. The summed E-state index contributed by atoms with van der Waals surface area (Å²) in [6.45, 7) is 7.42. The van der Waals surface area contributed by atoms with E-state index in [0.717, 1.165) is 0 Å². The van der Waals surface area contributed by atoms with Crippen LogP contribution in [0, 0.1) is 0 Å². The molecule has 184 valence electrons. The fourth-order valence-electron chi connectivity index (χ4n) is 5.16. The van der Waals surface area contributed by atoms with Crippen molar-refractivity contribution in [3.8, 4) is 0 Å². The molecule has 2 atom stereocenters. The Balaban J connectivity index is 2.23. The summed E-state index contributed by atoms with van der Waals surface area (Å²) >= 11 is 12.3. The van der Waals surface area contributed by atoms with Gasteiger partial charge in [0, 0.05) is 20.1 Å². The van der Waals surface area contributed by atoms with Crippen LogP contribution in [0.2, 0.25) is 0 Å². The van der Waals surface area contributed by atoms with Crippen LogP contribution in [0.4, 0.5) is 26.3 Å². The summed E-state index contributed by atoms with van der Waals surface area (Å²) in [7, 11) is 0. The Bertz CT molecular complexity index is 967. The minimum Gasteiger partial charge on any atom is -0.194 e. The molecule has 12 heteroatoms. The molecule has 2 heterocycles. The maximum absolute atomic E-state index is 15.4. The standard InChI is InChI=1S/C21H20Br2F6S4/c1-5-17-11(13(22)15(32-17)30-7-3)9-10(20(26,27)21(28,29)19(9,24)25)12-14(23)16(31-8-4)33-18(12,17)6-2/h5-8H2,1-4H3. The molecule has 0 amide bonds. The number of hydrogen-bond acceptors (Lipinski definition) is 4. The van der Waals surface area contributed by atoms with Crippen LogP contribution in [0.3, 0.4) is 0 Å². The third-order valence-electron chi connectivity index (χ3n) is 6.50. The zero-order valence-corrected chi connectivity index (χ0v) is 24.4. The Hall–Kier alpha value is 0.900. The van der Waals surface area contributed by atoms with Crippen LogP contribution >= 0.6 is 78.9 Å². The van der Waals surface area contributed by atoms with Crippen LogP contribution in [-0.4, -0.2) is 38.8 Å². The smallest absolute Gasteiger partial charge is 0.194 e. The van der Waals surface area contributed by atoms with Crippen molar-refractivity contribution >= 4 is 78.9 Å². The number of alkyl halides is 6. The van der Waals surface area contributed by atoms with Gasteiger partial charge in [-0.2, -0.15) is 26.3 Å². The van der Waals surface area contributed by atoms with Crippen molar-refractivity contribution < 1.29 is 26.3 Å². The van der Waals surface area contributed by atoms with Gasteiger partial charge in [-0.05, 0) is 67.4 Å². The molecule has 33 heavy (non-hydrogen) atoms. The molecular weight excluding hydrogens is 654 g/mol. The number of halogens is 8. The van der Waals surface area contributed by atoms with Gasteiger partial charge in [0.1, 0.15) is 0 Å². The van der Waals surface area contributed by atoms with Crippen LogP contribution in [0.5, 0.6) is 0 Å². The largest absolute Gasteiger partial charge is 0.380 e. The van der Waals surface area contributed by atoms with E-state index in [2.05, 4.69) is 31.9 Å². The average molecular weight is 674 g/mol. The normalized spacial score (nSPS) is 33.8. The molecule has 2 aliphatic heterocycles. The van der Waals surface area contributed by atoms with Crippen molar-refractivity contribution in [2.45, 2.75) is 67.8 Å². The Morgan fingerprint density at radius 2 is 0.970 bits per heavy atom. The second-order valence-electron chi connectivity index (χ2n) is 7.86. The van der Waals surface area contributed by atoms with E-state index >= 15 is 17.6 Å². The molecule has 0 spiro atoms. The highest BCUT2D eigenvalue weighted by Crippen LogP contribution is 2.79. The van der Waals surface area contributed by atoms with Gasteiger partial charge in [-0.3, -0.25) is 0 Å². The van der Waals surface area contributed by atoms with Gasteiger partial charge in [-0.25, -0.2) is 0 Å². The van der Waals surface area contributed by atoms with Gasteiger partial charge < -0.3 is 0 Å². The van der Waals surface area contributed by atoms with Gasteiger partial charge in [0.15, 0.2) is 0 Å². The number of allylic oxidation sites excluding steroid dienone is 4. The fourth-order valence-corrected chi connectivity index (χ4v) is 13.7. The first-order valence-electron chi connectivity index (χ1n) is 10.3. The van der Waals surface area contributed by atoms with E-state index < -0.39 is 38.4 Å². The highest BCUT2D eigenvalue weighted by atomic mass is 79.9. The Labute approximate surface area is 222 Å². The molecule has 0 aromatic heterocycles. The predicted octanol–water partition coefficient (Wildman–Crippen LogP) is 9.94. The van der Waals surface area contributed by atoms with E-state index in [9.17, 15) is 8.78 Å². The van der Waals surface area contributed by atoms with Gasteiger partial charge in [0.05, 0.1) is 18.0 Å². The van der Waals surface area contributed by atoms with Gasteiger partial charge in [-0.15, -0.1) is 47.0 Å². The maximum Gasteiger partial charge on any atom is 0.380 e. The highest BCUT2D eigenvalue weighted by Gasteiger charge is 2.85. The molecule has 0 saturated heterocycles. The van der Waals surface area contributed by atoms with E-state index in [-0.39, 0.29) is 20.1 Å². The molecule has 0 aromatic carbocycles. The van der Waals surface area contributed by atoms with Crippen LogP contribution in [0.25, 0.3) is 0 Å². The van der Waals surface area contributed by atoms with Crippen molar-refractivity contribution in [3.05, 3.63) is 39.7 Å². The summed E-state index contributed by atoms with van der Waals surface area (Å²) in [6, 6.07) is 0. The lowest BCUT2D eigenvalue weighted by Gasteiger charge is -2.51. The monoisotopic (exact) mass is 672 g/mol. The van der Waals surface area contributed by atoms with Crippen LogP contribution in [0.1, 0.15) is 40.5 Å². The lowest BCUT2D eigenvalue weighted by molar-refractivity contribution is -0.258. The van der Waals surface area contributed by atoms with Crippen LogP contribution < -0.4 is 0 Å². The van der Waals surface area contributed by atoms with E-state index in [1.807, 2.05) is 27.7 Å². The second-order valence-corrected chi connectivity index (χ2v) is 15.1. The third-order valence-corrected chi connectivity index (χ3v) is 15.1. The van der Waals surface area contributed by atoms with Crippen molar-refractivity contribution in [3.63, 3.8) is 0 Å². The molecule has 0 bridgehead atoms. The molecule has 0 nitrogen and oxygen atoms in total. The van der Waals surface area contributed by atoms with Crippen molar-refractivity contribution in [2.75, 3.05) is 11.5 Å². The first-order valence-corrected chi connectivity index (χ1v) is 15.5. The predicted molar refractivity (Wildman–Crippen MR) is 138 cm³/mol. The molecule has 0 aromatic rings. The first kappa shape index (κ1) is 26.9. The molecule has 4 aliphatic rings. The minimum absolute atomic E-state index is 0.0936. The summed E-state index contributed by atoms with van der Waals surface area (Å²) in [5, 5.41) is 0. The fraction of sp³-hybridized carbons (Fsp3) is 0.619. The summed E-state index contributed by atoms with van der Waals surface area (Å²) < 4.78 is 91.0. The Morgan fingerprint density at radius 3 is 1.24 bits per heavy atom. The van der Waals surface area contributed by atoms with Crippen molar-refractivity contribution in [1.29, 1.82) is 0 Å². The summed E-state index contributed by atoms with van der Waals surface area (Å²) in [6.07, 6.45) is 0.628. The molecule has 0 radical (unpaired) electrons. The Kier molecular flexibility index (Phi) is 6.91. The van der Waals surface area contributed by atoms with E-state index in [1.165, 1.54) is 47.0 Å². The number of rotatable bonds is 6. The zero-order valence-electron chi connectivity index (χ0n) is 18.0. The molecule has 2 aliphatic carbocycles. The molecule has 2 unspecified atom stereocenters. The van der Waals surface area contributed by atoms with Crippen LogP contribution in [-0.2, 0) is 0 Å². The number of thioether (sulfide) groups is 4. The van der Waals surface area contributed by atoms with Crippen molar-refractivity contribution in [2.24, 2.45) is 0 Å². The zero-order chi connectivity index (χ0) is 24.8. The number of hydrogen-bond donors (Lipinski definition) is 0. The quantitative estimate of drug-likeness (QED) is 0.257. The lowest BCUT2D eigenvalue weighted by Crippen LogP contribution is -2.52. The second kappa shape index (κ2) is 8.46. The molecular formula is C21H20Br2F6S4. The summed E-state index contributed by atoms with van der Waals surface area (Å²) in [5.74, 6) is -14.3.